The van der Waals surface area contributed by atoms with E-state index in [0.717, 1.165) is 100.0 Å². The average Bonchev–Trinajstić information content (AvgIpc) is 3.82. The first kappa shape index (κ1) is 41.6. The van der Waals surface area contributed by atoms with Crippen molar-refractivity contribution in [2.24, 2.45) is 0 Å². The lowest BCUT2D eigenvalue weighted by Gasteiger charge is -2.20. The molecule has 2 heterocycles. The number of benzene rings is 9. The van der Waals surface area contributed by atoms with E-state index in [9.17, 15) is 18.4 Å². The van der Waals surface area contributed by atoms with E-state index in [0.29, 0.717) is 16.7 Å². The minimum Gasteiger partial charge on any atom is -0.309 e. The second kappa shape index (κ2) is 15.8. The summed E-state index contributed by atoms with van der Waals surface area (Å²) in [5, 5.41) is 14.9. The number of aromatic nitrogens is 2. The van der Waals surface area contributed by atoms with Crippen LogP contribution in [0.3, 0.4) is 0 Å². The Morgan fingerprint density at radius 2 is 0.925 bits per heavy atom. The lowest BCUT2D eigenvalue weighted by molar-refractivity contribution is -0.137. The van der Waals surface area contributed by atoms with Crippen LogP contribution in [0.4, 0.5) is 13.2 Å². The number of rotatable bonds is 6. The molecule has 0 bridgehead atoms. The van der Waals surface area contributed by atoms with E-state index in [1.807, 2.05) is 36.4 Å². The number of para-hydroxylation sites is 2. The molecule has 11 rings (SSSR count). The molecule has 2 aromatic heterocycles. The van der Waals surface area contributed by atoms with Crippen LogP contribution in [-0.4, -0.2) is 9.13 Å². The Balaban J connectivity index is 1.19. The van der Waals surface area contributed by atoms with Gasteiger partial charge in [0.05, 0.1) is 45.0 Å². The highest BCUT2D eigenvalue weighted by Crippen LogP contribution is 2.45. The van der Waals surface area contributed by atoms with Gasteiger partial charge in [-0.2, -0.15) is 18.4 Å². The Hall–Kier alpha value is -8.14. The maximum absolute atomic E-state index is 14.1. The van der Waals surface area contributed by atoms with Gasteiger partial charge in [0.25, 0.3) is 0 Å². The van der Waals surface area contributed by atoms with Gasteiger partial charge in [-0.1, -0.05) is 119 Å². The van der Waals surface area contributed by atoms with E-state index >= 15 is 0 Å². The molecule has 0 aliphatic heterocycles. The van der Waals surface area contributed by atoms with Crippen LogP contribution < -0.4 is 0 Å². The molecule has 0 saturated carbocycles. The summed E-state index contributed by atoms with van der Waals surface area (Å²) < 4.78 is 46.9. The fourth-order valence-electron chi connectivity index (χ4n) is 10.4. The summed E-state index contributed by atoms with van der Waals surface area (Å²) in [7, 11) is 0. The Morgan fingerprint density at radius 3 is 1.48 bits per heavy atom. The fraction of sp³-hybridized carbons (Fsp3) is 0.0984. The molecular formula is C61H44F3N3. The van der Waals surface area contributed by atoms with Crippen LogP contribution in [0.15, 0.2) is 176 Å². The minimum atomic E-state index is -4.49. The van der Waals surface area contributed by atoms with Crippen LogP contribution in [0.25, 0.3) is 99.5 Å². The summed E-state index contributed by atoms with van der Waals surface area (Å²) in [5.74, 6) is 0. The maximum atomic E-state index is 14.1. The van der Waals surface area contributed by atoms with Gasteiger partial charge in [-0.25, -0.2) is 0 Å². The van der Waals surface area contributed by atoms with Crippen molar-refractivity contribution < 1.29 is 13.2 Å². The number of aryl methyl sites for hydroxylation is 5. The first-order valence-electron chi connectivity index (χ1n) is 22.4. The molecule has 0 unspecified atom stereocenters. The van der Waals surface area contributed by atoms with Gasteiger partial charge in [0.2, 0.25) is 0 Å². The van der Waals surface area contributed by atoms with Crippen molar-refractivity contribution in [1.29, 1.82) is 5.26 Å². The Morgan fingerprint density at radius 1 is 0.403 bits per heavy atom. The van der Waals surface area contributed by atoms with Gasteiger partial charge >= 0.3 is 6.18 Å². The van der Waals surface area contributed by atoms with E-state index in [2.05, 4.69) is 164 Å². The van der Waals surface area contributed by atoms with Crippen LogP contribution in [-0.2, 0) is 6.18 Å². The number of nitrogens with zero attached hydrogens (tertiary/aromatic N) is 3. The van der Waals surface area contributed by atoms with Crippen LogP contribution in [0, 0.1) is 45.9 Å². The summed E-state index contributed by atoms with van der Waals surface area (Å²) in [4.78, 5) is 0. The zero-order valence-corrected chi connectivity index (χ0v) is 37.7. The largest absolute Gasteiger partial charge is 0.416 e. The third-order valence-corrected chi connectivity index (χ3v) is 13.2. The predicted molar refractivity (Wildman–Crippen MR) is 270 cm³/mol. The van der Waals surface area contributed by atoms with Crippen molar-refractivity contribution in [2.75, 3.05) is 0 Å². The zero-order valence-electron chi connectivity index (χ0n) is 37.7. The standard InChI is InChI=1S/C61H44F3N3/c1-36-24-37(2)27-44(26-36)42-15-22-58-54(32-42)50-10-6-8-12-56(50)66(58)47-18-20-49(48-19-17-46(30-40(48)5)61(62,63)64)52(34-47)53-31-41(35-65)14-21-59(53)67-57-13-9-7-11-51(57)55-33-43(16-23-60(55)67)45-28-38(3)25-39(4)29-45/h6-34H,1-5H3. The number of nitriles is 1. The third kappa shape index (κ3) is 7.15. The predicted octanol–water partition coefficient (Wildman–Crippen LogP) is 17.0. The highest BCUT2D eigenvalue weighted by Gasteiger charge is 2.31. The highest BCUT2D eigenvalue weighted by molar-refractivity contribution is 6.12. The van der Waals surface area contributed by atoms with Gasteiger partial charge in [0.15, 0.2) is 0 Å². The summed E-state index contributed by atoms with van der Waals surface area (Å²) in [6.07, 6.45) is -4.49. The van der Waals surface area contributed by atoms with Gasteiger partial charge in [0.1, 0.15) is 0 Å². The molecule has 0 radical (unpaired) electrons. The van der Waals surface area contributed by atoms with E-state index in [4.69, 9.17) is 0 Å². The van der Waals surface area contributed by atoms with E-state index in [1.165, 1.54) is 28.3 Å². The Labute approximate surface area is 387 Å². The van der Waals surface area contributed by atoms with Crippen molar-refractivity contribution >= 4 is 43.6 Å². The smallest absolute Gasteiger partial charge is 0.309 e. The number of hydrogen-bond donors (Lipinski definition) is 0. The molecule has 11 aromatic rings. The molecule has 0 atom stereocenters. The molecule has 0 aliphatic rings. The second-order valence-corrected chi connectivity index (χ2v) is 18.0. The molecule has 0 aliphatic carbocycles. The Bertz CT molecular complexity index is 3830. The summed E-state index contributed by atoms with van der Waals surface area (Å²) >= 11 is 0. The van der Waals surface area contributed by atoms with Crippen molar-refractivity contribution in [1.82, 2.24) is 9.13 Å². The van der Waals surface area contributed by atoms with Crippen molar-refractivity contribution in [3.63, 3.8) is 0 Å². The first-order chi connectivity index (χ1) is 32.3. The molecule has 0 amide bonds. The molecule has 0 spiro atoms. The van der Waals surface area contributed by atoms with Gasteiger partial charge in [-0.15, -0.1) is 0 Å². The zero-order chi connectivity index (χ0) is 46.3. The van der Waals surface area contributed by atoms with E-state index in [-0.39, 0.29) is 0 Å². The lowest BCUT2D eigenvalue weighted by atomic mass is 9.89. The number of alkyl halides is 3. The average molecular weight is 876 g/mol. The maximum Gasteiger partial charge on any atom is 0.416 e. The van der Waals surface area contributed by atoms with Crippen molar-refractivity contribution in [3.05, 3.63) is 215 Å². The molecule has 0 saturated heterocycles. The van der Waals surface area contributed by atoms with Crippen molar-refractivity contribution in [2.45, 2.75) is 40.8 Å². The number of halogens is 3. The summed E-state index contributed by atoms with van der Waals surface area (Å²) in [6, 6.07) is 61.6. The number of hydrogen-bond acceptors (Lipinski definition) is 1. The molecule has 324 valence electrons. The Kier molecular flexibility index (Phi) is 9.79. The number of fused-ring (bicyclic) bond motifs is 6. The molecule has 3 nitrogen and oxygen atoms in total. The molecule has 6 heteroatoms. The molecule has 0 N–H and O–H groups in total. The minimum absolute atomic E-state index is 0.466. The normalized spacial score (nSPS) is 11.9. The molecule has 67 heavy (non-hydrogen) atoms. The van der Waals surface area contributed by atoms with Crippen LogP contribution in [0.2, 0.25) is 0 Å². The van der Waals surface area contributed by atoms with Crippen molar-refractivity contribution in [3.8, 4) is 62.0 Å². The quantitative estimate of drug-likeness (QED) is 0.164. The molecular weight excluding hydrogens is 832 g/mol. The van der Waals surface area contributed by atoms with Gasteiger partial charge in [0, 0.05) is 32.8 Å². The van der Waals surface area contributed by atoms with Gasteiger partial charge in [-0.05, 0) is 158 Å². The SMILES string of the molecule is Cc1cc(C)cc(-c2ccc3c(c2)c2ccccc2n3-c2ccc(-c3ccc(C(F)(F)F)cc3C)c(-c3cc(C#N)ccc3-n3c4ccccc4c4cc(-c5cc(C)cc(C)c5)ccc43)c2)c1. The lowest BCUT2D eigenvalue weighted by Crippen LogP contribution is -2.05. The van der Waals surface area contributed by atoms with Crippen LogP contribution >= 0.6 is 0 Å². The van der Waals surface area contributed by atoms with E-state index in [1.54, 1.807) is 13.0 Å². The second-order valence-electron chi connectivity index (χ2n) is 18.0. The van der Waals surface area contributed by atoms with Crippen LogP contribution in [0.1, 0.15) is 38.9 Å². The topological polar surface area (TPSA) is 33.6 Å². The highest BCUT2D eigenvalue weighted by atomic mass is 19.4. The first-order valence-corrected chi connectivity index (χ1v) is 22.4. The fourth-order valence-corrected chi connectivity index (χ4v) is 10.4. The summed E-state index contributed by atoms with van der Waals surface area (Å²) in [5.41, 5.74) is 18.3. The molecule has 0 fully saturated rings. The molecule has 9 aromatic carbocycles. The van der Waals surface area contributed by atoms with Crippen LogP contribution in [0.5, 0.6) is 0 Å². The monoisotopic (exact) mass is 875 g/mol. The van der Waals surface area contributed by atoms with Gasteiger partial charge < -0.3 is 9.13 Å². The third-order valence-electron chi connectivity index (χ3n) is 13.2. The summed E-state index contributed by atoms with van der Waals surface area (Å²) in [6.45, 7) is 10.2. The van der Waals surface area contributed by atoms with E-state index < -0.39 is 11.7 Å². The van der Waals surface area contributed by atoms with Gasteiger partial charge in [-0.3, -0.25) is 0 Å².